The van der Waals surface area contributed by atoms with Crippen molar-refractivity contribution < 1.29 is 4.79 Å². The molecule has 0 amide bonds. The molecule has 0 saturated carbocycles. The molecule has 0 aromatic heterocycles. The van der Waals surface area contributed by atoms with Crippen molar-refractivity contribution in [2.24, 2.45) is 5.92 Å². The van der Waals surface area contributed by atoms with Gasteiger partial charge in [0.1, 0.15) is 6.29 Å². The molecule has 0 heterocycles. The van der Waals surface area contributed by atoms with Crippen molar-refractivity contribution >= 4 is 17.9 Å². The van der Waals surface area contributed by atoms with E-state index in [2.05, 4.69) is 25.2 Å². The number of carbonyl (C=O) groups excluding carboxylic acids is 1. The van der Waals surface area contributed by atoms with Crippen molar-refractivity contribution in [2.45, 2.75) is 26.2 Å². The Kier molecular flexibility index (Phi) is 5.37. The zero-order valence-corrected chi connectivity index (χ0v) is 12.4. The zero-order valence-electron chi connectivity index (χ0n) is 11.7. The molecule has 1 aliphatic carbocycles. The summed E-state index contributed by atoms with van der Waals surface area (Å²) in [6, 6.07) is 7.88. The Morgan fingerprint density at radius 3 is 2.70 bits per heavy atom. The van der Waals surface area contributed by atoms with Gasteiger partial charge in [0, 0.05) is 5.02 Å². The summed E-state index contributed by atoms with van der Waals surface area (Å²) in [5.41, 5.74) is 3.53. The molecule has 0 radical (unpaired) electrons. The molecule has 0 N–H and O–H groups in total. The normalized spacial score (nSPS) is 18.8. The molecule has 0 fully saturated rings. The molecule has 1 aromatic carbocycles. The third-order valence-corrected chi connectivity index (χ3v) is 3.80. The molecule has 0 saturated heterocycles. The van der Waals surface area contributed by atoms with Crippen molar-refractivity contribution in [3.63, 3.8) is 0 Å². The van der Waals surface area contributed by atoms with Gasteiger partial charge in [0.2, 0.25) is 0 Å². The maximum absolute atomic E-state index is 10.8. The number of rotatable bonds is 5. The van der Waals surface area contributed by atoms with Crippen molar-refractivity contribution in [3.05, 3.63) is 70.3 Å². The van der Waals surface area contributed by atoms with Crippen molar-refractivity contribution in [1.29, 1.82) is 0 Å². The van der Waals surface area contributed by atoms with Gasteiger partial charge in [0.05, 0.1) is 0 Å². The molecule has 1 aliphatic rings. The fourth-order valence-electron chi connectivity index (χ4n) is 2.30. The van der Waals surface area contributed by atoms with Gasteiger partial charge in [-0.25, -0.2) is 0 Å². The predicted octanol–water partition coefficient (Wildman–Crippen LogP) is 4.92. The average molecular weight is 287 g/mol. The monoisotopic (exact) mass is 286 g/mol. The number of halogens is 1. The first-order valence-electron chi connectivity index (χ1n) is 6.96. The van der Waals surface area contributed by atoms with E-state index in [-0.39, 0.29) is 0 Å². The van der Waals surface area contributed by atoms with Crippen LogP contribution in [0.4, 0.5) is 0 Å². The minimum atomic E-state index is 0.590. The Hall–Kier alpha value is -1.60. The molecule has 2 rings (SSSR count). The summed E-state index contributed by atoms with van der Waals surface area (Å²) in [4.78, 5) is 10.8. The first kappa shape index (κ1) is 14.8. The Morgan fingerprint density at radius 2 is 2.10 bits per heavy atom. The van der Waals surface area contributed by atoms with Gasteiger partial charge in [-0.3, -0.25) is 4.79 Å². The molecule has 1 unspecified atom stereocenters. The summed E-state index contributed by atoms with van der Waals surface area (Å²) in [6.07, 6.45) is 11.9. The lowest BCUT2D eigenvalue weighted by atomic mass is 9.91. The van der Waals surface area contributed by atoms with Crippen LogP contribution in [-0.2, 0) is 11.2 Å². The standard InChI is InChI=1S/C18H19ClO/c1-14-2-7-16(8-3-14)17(12-13-20)9-4-15-5-10-18(19)11-6-15/h2,5-8,10-14H,3-4,9H2,1H3/b17-12+. The van der Waals surface area contributed by atoms with E-state index in [0.29, 0.717) is 5.92 Å². The van der Waals surface area contributed by atoms with E-state index in [1.807, 2.05) is 24.3 Å². The molecule has 0 spiro atoms. The molecule has 0 bridgehead atoms. The van der Waals surface area contributed by atoms with Gasteiger partial charge in [0.15, 0.2) is 0 Å². The maximum atomic E-state index is 10.8. The van der Waals surface area contributed by atoms with Gasteiger partial charge in [-0.2, -0.15) is 0 Å². The van der Waals surface area contributed by atoms with Gasteiger partial charge in [-0.05, 0) is 60.1 Å². The predicted molar refractivity (Wildman–Crippen MR) is 84.9 cm³/mol. The number of allylic oxidation sites excluding steroid dienone is 6. The summed E-state index contributed by atoms with van der Waals surface area (Å²) < 4.78 is 0. The highest BCUT2D eigenvalue weighted by molar-refractivity contribution is 6.30. The Labute approximate surface area is 125 Å². The number of aryl methyl sites for hydroxylation is 1. The molecule has 104 valence electrons. The number of carbonyl (C=O) groups is 1. The highest BCUT2D eigenvalue weighted by Crippen LogP contribution is 2.24. The second-order valence-corrected chi connectivity index (χ2v) is 5.62. The molecule has 1 nitrogen and oxygen atoms in total. The van der Waals surface area contributed by atoms with E-state index < -0.39 is 0 Å². The quantitative estimate of drug-likeness (QED) is 0.554. The molecular weight excluding hydrogens is 268 g/mol. The smallest absolute Gasteiger partial charge is 0.143 e. The van der Waals surface area contributed by atoms with Crippen LogP contribution in [-0.4, -0.2) is 6.29 Å². The van der Waals surface area contributed by atoms with Crippen LogP contribution in [0, 0.1) is 5.92 Å². The van der Waals surface area contributed by atoms with Crippen LogP contribution in [0.15, 0.2) is 59.7 Å². The minimum absolute atomic E-state index is 0.590. The first-order chi connectivity index (χ1) is 9.69. The highest BCUT2D eigenvalue weighted by Gasteiger charge is 2.08. The lowest BCUT2D eigenvalue weighted by Gasteiger charge is -2.14. The topological polar surface area (TPSA) is 17.1 Å². The SMILES string of the molecule is CC1C=CC(/C(=C/C=O)CCc2ccc(Cl)cc2)=CC1. The molecule has 0 aliphatic heterocycles. The van der Waals surface area contributed by atoms with Crippen molar-refractivity contribution in [2.75, 3.05) is 0 Å². The summed E-state index contributed by atoms with van der Waals surface area (Å²) >= 11 is 5.88. The summed E-state index contributed by atoms with van der Waals surface area (Å²) in [6.45, 7) is 2.20. The van der Waals surface area contributed by atoms with Crippen LogP contribution < -0.4 is 0 Å². The fourth-order valence-corrected chi connectivity index (χ4v) is 2.43. The third-order valence-electron chi connectivity index (χ3n) is 3.55. The van der Waals surface area contributed by atoms with Crippen molar-refractivity contribution in [1.82, 2.24) is 0 Å². The summed E-state index contributed by atoms with van der Waals surface area (Å²) in [5, 5.41) is 0.754. The van der Waals surface area contributed by atoms with E-state index in [4.69, 9.17) is 11.6 Å². The van der Waals surface area contributed by atoms with Crippen molar-refractivity contribution in [3.8, 4) is 0 Å². The van der Waals surface area contributed by atoms with E-state index >= 15 is 0 Å². The second kappa shape index (κ2) is 7.25. The Balaban J connectivity index is 2.04. The number of hydrogen-bond acceptors (Lipinski definition) is 1. The number of benzene rings is 1. The van der Waals surface area contributed by atoms with Crippen LogP contribution in [0.25, 0.3) is 0 Å². The van der Waals surface area contributed by atoms with E-state index in [1.165, 1.54) is 11.1 Å². The maximum Gasteiger partial charge on any atom is 0.143 e. The Morgan fingerprint density at radius 1 is 1.35 bits per heavy atom. The molecule has 1 atom stereocenters. The van der Waals surface area contributed by atoms with Crippen LogP contribution in [0.2, 0.25) is 5.02 Å². The van der Waals surface area contributed by atoms with Gasteiger partial charge in [-0.1, -0.05) is 48.9 Å². The van der Waals surface area contributed by atoms with E-state index in [9.17, 15) is 4.79 Å². The van der Waals surface area contributed by atoms with Crippen LogP contribution in [0.1, 0.15) is 25.3 Å². The van der Waals surface area contributed by atoms with Crippen LogP contribution in [0.3, 0.4) is 0 Å². The van der Waals surface area contributed by atoms with Gasteiger partial charge < -0.3 is 0 Å². The largest absolute Gasteiger partial charge is 0.299 e. The summed E-state index contributed by atoms with van der Waals surface area (Å²) in [5.74, 6) is 0.590. The Bertz CT molecular complexity index is 549. The zero-order chi connectivity index (χ0) is 14.4. The van der Waals surface area contributed by atoms with Gasteiger partial charge in [0.25, 0.3) is 0 Å². The molecule has 1 aromatic rings. The lowest BCUT2D eigenvalue weighted by Crippen LogP contribution is -1.99. The minimum Gasteiger partial charge on any atom is -0.299 e. The van der Waals surface area contributed by atoms with Gasteiger partial charge in [-0.15, -0.1) is 0 Å². The molecular formula is C18H19ClO. The molecule has 20 heavy (non-hydrogen) atoms. The second-order valence-electron chi connectivity index (χ2n) is 5.19. The summed E-state index contributed by atoms with van der Waals surface area (Å²) in [7, 11) is 0. The van der Waals surface area contributed by atoms with E-state index in [1.54, 1.807) is 6.08 Å². The van der Waals surface area contributed by atoms with Crippen LogP contribution >= 0.6 is 11.6 Å². The fraction of sp³-hybridized carbons (Fsp3) is 0.278. The van der Waals surface area contributed by atoms with Crippen LogP contribution in [0.5, 0.6) is 0 Å². The first-order valence-corrected chi connectivity index (χ1v) is 7.34. The molecule has 2 heteroatoms. The lowest BCUT2D eigenvalue weighted by molar-refractivity contribution is -0.104. The number of aldehydes is 1. The van der Waals surface area contributed by atoms with Gasteiger partial charge >= 0.3 is 0 Å². The third kappa shape index (κ3) is 4.21. The highest BCUT2D eigenvalue weighted by atomic mass is 35.5. The van der Waals surface area contributed by atoms with E-state index in [0.717, 1.165) is 36.1 Å². The average Bonchev–Trinajstić information content (AvgIpc) is 2.46. The number of hydrogen-bond donors (Lipinski definition) is 0.